The summed E-state index contributed by atoms with van der Waals surface area (Å²) in [6, 6.07) is 0.450. The lowest BCUT2D eigenvalue weighted by molar-refractivity contribution is -0.0773. The molecular weight excluding hydrogens is 318 g/mol. The Bertz CT molecular complexity index is 572. The number of piperidine rings is 1. The van der Waals surface area contributed by atoms with E-state index in [4.69, 9.17) is 8.92 Å². The van der Waals surface area contributed by atoms with Gasteiger partial charge in [0.1, 0.15) is 5.60 Å². The first-order chi connectivity index (χ1) is 10.5. The van der Waals surface area contributed by atoms with Crippen LogP contribution in [0.5, 0.6) is 0 Å². The molecule has 2 heterocycles. The normalized spacial score (nSPS) is 36.9. The van der Waals surface area contributed by atoms with Crippen molar-refractivity contribution in [3.05, 3.63) is 0 Å². The Morgan fingerprint density at radius 1 is 1.09 bits per heavy atom. The van der Waals surface area contributed by atoms with E-state index < -0.39 is 15.7 Å². The van der Waals surface area contributed by atoms with Crippen LogP contribution in [-0.2, 0) is 19.0 Å². The smallest absolute Gasteiger partial charge is 0.410 e. The maximum atomic E-state index is 12.4. The highest BCUT2D eigenvalue weighted by Gasteiger charge is 2.56. The average Bonchev–Trinajstić information content (AvgIpc) is 2.56. The van der Waals surface area contributed by atoms with E-state index in [0.717, 1.165) is 44.8 Å². The Morgan fingerprint density at radius 3 is 2.04 bits per heavy atom. The Labute approximate surface area is 138 Å². The molecule has 0 N–H and O–H groups in total. The van der Waals surface area contributed by atoms with Crippen LogP contribution in [0.1, 0.15) is 59.3 Å². The molecule has 1 amide bonds. The average molecular weight is 345 g/mol. The van der Waals surface area contributed by atoms with E-state index in [1.54, 1.807) is 0 Å². The first-order valence-electron chi connectivity index (χ1n) is 8.36. The summed E-state index contributed by atoms with van der Waals surface area (Å²) in [5.41, 5.74) is -0.323. The highest BCUT2D eigenvalue weighted by molar-refractivity contribution is 7.86. The Morgan fingerprint density at radius 2 is 1.61 bits per heavy atom. The molecule has 2 atom stereocenters. The fourth-order valence-corrected chi connectivity index (χ4v) is 5.24. The number of hydrogen-bond acceptors (Lipinski definition) is 5. The number of amides is 1. The molecular formula is C16H27NO5S. The number of carbonyl (C=O) groups is 1. The Kier molecular flexibility index (Phi) is 3.95. The second-order valence-electron chi connectivity index (χ2n) is 8.51. The first kappa shape index (κ1) is 17.0. The third-order valence-electron chi connectivity index (χ3n) is 5.19. The van der Waals surface area contributed by atoms with Crippen molar-refractivity contribution in [1.82, 2.24) is 4.90 Å². The van der Waals surface area contributed by atoms with Crippen LogP contribution >= 0.6 is 0 Å². The van der Waals surface area contributed by atoms with Gasteiger partial charge in [-0.15, -0.1) is 0 Å². The van der Waals surface area contributed by atoms with Crippen LogP contribution in [0.3, 0.4) is 0 Å². The topological polar surface area (TPSA) is 72.9 Å². The molecule has 0 aromatic rings. The molecule has 132 valence electrons. The van der Waals surface area contributed by atoms with Crippen molar-refractivity contribution in [3.63, 3.8) is 0 Å². The first-order valence-corrected chi connectivity index (χ1v) is 10.2. The Balaban J connectivity index is 1.61. The predicted molar refractivity (Wildman–Crippen MR) is 85.5 cm³/mol. The number of carbonyl (C=O) groups excluding carboxylic acids is 1. The summed E-state index contributed by atoms with van der Waals surface area (Å²) in [6.07, 6.45) is 6.20. The van der Waals surface area contributed by atoms with E-state index in [-0.39, 0.29) is 29.7 Å². The van der Waals surface area contributed by atoms with Gasteiger partial charge in [0, 0.05) is 12.1 Å². The predicted octanol–water partition coefficient (Wildman–Crippen LogP) is 2.67. The fourth-order valence-electron chi connectivity index (χ4n) is 4.61. The molecule has 2 saturated heterocycles. The zero-order valence-electron chi connectivity index (χ0n) is 14.4. The van der Waals surface area contributed by atoms with Crippen LogP contribution in [0.2, 0.25) is 0 Å². The number of hydrogen-bond donors (Lipinski definition) is 0. The summed E-state index contributed by atoms with van der Waals surface area (Å²) >= 11 is 0. The van der Waals surface area contributed by atoms with Crippen LogP contribution in [0.15, 0.2) is 0 Å². The van der Waals surface area contributed by atoms with Gasteiger partial charge >= 0.3 is 6.09 Å². The van der Waals surface area contributed by atoms with E-state index in [0.29, 0.717) is 0 Å². The number of ether oxygens (including phenoxy) is 1. The van der Waals surface area contributed by atoms with Crippen LogP contribution < -0.4 is 0 Å². The molecule has 23 heavy (non-hydrogen) atoms. The maximum absolute atomic E-state index is 12.4. The molecule has 1 aliphatic carbocycles. The monoisotopic (exact) mass is 345 g/mol. The summed E-state index contributed by atoms with van der Waals surface area (Å²) in [4.78, 5) is 14.4. The summed E-state index contributed by atoms with van der Waals surface area (Å²) in [7, 11) is -3.38. The van der Waals surface area contributed by atoms with Crippen molar-refractivity contribution in [2.75, 3.05) is 6.26 Å². The molecule has 0 unspecified atom stereocenters. The van der Waals surface area contributed by atoms with Gasteiger partial charge in [0.05, 0.1) is 12.4 Å². The molecule has 2 bridgehead atoms. The summed E-state index contributed by atoms with van der Waals surface area (Å²) in [5.74, 6) is 0. The van der Waals surface area contributed by atoms with Gasteiger partial charge in [-0.3, -0.25) is 4.18 Å². The fraction of sp³-hybridized carbons (Fsp3) is 0.938. The van der Waals surface area contributed by atoms with Crippen molar-refractivity contribution in [2.24, 2.45) is 5.41 Å². The minimum atomic E-state index is -3.38. The minimum absolute atomic E-state index is 0.152. The van der Waals surface area contributed by atoms with Gasteiger partial charge in [0.2, 0.25) is 0 Å². The molecule has 2 aliphatic heterocycles. The van der Waals surface area contributed by atoms with Crippen molar-refractivity contribution in [1.29, 1.82) is 0 Å². The molecule has 1 spiro atoms. The van der Waals surface area contributed by atoms with Gasteiger partial charge in [-0.05, 0) is 64.7 Å². The van der Waals surface area contributed by atoms with Crippen LogP contribution in [0, 0.1) is 5.41 Å². The minimum Gasteiger partial charge on any atom is -0.444 e. The number of rotatable bonds is 2. The zero-order chi connectivity index (χ0) is 17.0. The van der Waals surface area contributed by atoms with Crippen molar-refractivity contribution < 1.29 is 22.1 Å². The zero-order valence-corrected chi connectivity index (χ0v) is 15.2. The van der Waals surface area contributed by atoms with Crippen LogP contribution in [0.25, 0.3) is 0 Å². The summed E-state index contributed by atoms with van der Waals surface area (Å²) in [5, 5.41) is 0. The summed E-state index contributed by atoms with van der Waals surface area (Å²) < 4.78 is 33.1. The number of fused-ring (bicyclic) bond motifs is 2. The third kappa shape index (κ3) is 3.65. The van der Waals surface area contributed by atoms with Crippen molar-refractivity contribution in [3.8, 4) is 0 Å². The molecule has 0 aromatic heterocycles. The third-order valence-corrected chi connectivity index (χ3v) is 5.82. The molecule has 6 nitrogen and oxygen atoms in total. The van der Waals surface area contributed by atoms with Gasteiger partial charge in [0.15, 0.2) is 0 Å². The second-order valence-corrected chi connectivity index (χ2v) is 10.1. The van der Waals surface area contributed by atoms with E-state index in [9.17, 15) is 13.2 Å². The van der Waals surface area contributed by atoms with E-state index in [2.05, 4.69) is 0 Å². The van der Waals surface area contributed by atoms with Crippen molar-refractivity contribution >= 4 is 16.2 Å². The second kappa shape index (κ2) is 5.34. The lowest BCUT2D eigenvalue weighted by Crippen LogP contribution is -2.56. The van der Waals surface area contributed by atoms with Crippen LogP contribution in [0.4, 0.5) is 4.79 Å². The largest absolute Gasteiger partial charge is 0.444 e. The van der Waals surface area contributed by atoms with Gasteiger partial charge < -0.3 is 9.64 Å². The van der Waals surface area contributed by atoms with Gasteiger partial charge in [0.25, 0.3) is 10.1 Å². The molecule has 0 aromatic carbocycles. The Hall–Kier alpha value is -0.820. The molecule has 3 fully saturated rings. The van der Waals surface area contributed by atoms with E-state index >= 15 is 0 Å². The highest BCUT2D eigenvalue weighted by atomic mass is 32.2. The molecule has 7 heteroatoms. The lowest BCUT2D eigenvalue weighted by atomic mass is 9.60. The maximum Gasteiger partial charge on any atom is 0.410 e. The summed E-state index contributed by atoms with van der Waals surface area (Å²) in [6.45, 7) is 5.66. The molecule has 3 rings (SSSR count). The molecule has 0 radical (unpaired) electrons. The quantitative estimate of drug-likeness (QED) is 0.720. The van der Waals surface area contributed by atoms with Gasteiger partial charge in [-0.1, -0.05) is 0 Å². The lowest BCUT2D eigenvalue weighted by Gasteiger charge is -2.54. The van der Waals surface area contributed by atoms with E-state index in [1.807, 2.05) is 25.7 Å². The van der Waals surface area contributed by atoms with Crippen molar-refractivity contribution in [2.45, 2.75) is 83.1 Å². The van der Waals surface area contributed by atoms with Gasteiger partial charge in [-0.25, -0.2) is 4.79 Å². The van der Waals surface area contributed by atoms with Gasteiger partial charge in [-0.2, -0.15) is 8.42 Å². The SMILES string of the molecule is CC(C)(C)OC(=O)N1[C@@H]2CC[C@H]1CC1(CC(OS(C)(=O)=O)C1)C2. The highest BCUT2D eigenvalue weighted by Crippen LogP contribution is 2.57. The molecule has 3 aliphatic rings. The molecule has 1 saturated carbocycles. The van der Waals surface area contributed by atoms with Crippen LogP contribution in [-0.4, -0.2) is 49.5 Å². The van der Waals surface area contributed by atoms with E-state index in [1.165, 1.54) is 0 Å². The standard InChI is InChI=1S/C16H27NO5S/c1-15(2,3)21-14(18)17-11-5-6-12(17)8-16(7-11)9-13(10-16)22-23(4,19)20/h11-13H,5-10H2,1-4H3/t11-,12+,13?,16?. The number of nitrogens with zero attached hydrogens (tertiary/aromatic N) is 1.